The Bertz CT molecular complexity index is 1010. The molecule has 0 atom stereocenters. The Morgan fingerprint density at radius 3 is 2.55 bits per heavy atom. The van der Waals surface area contributed by atoms with Gasteiger partial charge in [0.1, 0.15) is 5.75 Å². The van der Waals surface area contributed by atoms with Crippen LogP contribution in [0.3, 0.4) is 0 Å². The molecule has 8 nitrogen and oxygen atoms in total. The predicted molar refractivity (Wildman–Crippen MR) is 127 cm³/mol. The summed E-state index contributed by atoms with van der Waals surface area (Å²) in [7, 11) is -3.90. The molecule has 1 saturated heterocycles. The van der Waals surface area contributed by atoms with Crippen LogP contribution >= 0.6 is 0 Å². The normalized spacial score (nSPS) is 14.9. The molecular formula is C24H33N3O5S. The van der Waals surface area contributed by atoms with E-state index in [0.717, 1.165) is 24.2 Å². The highest BCUT2D eigenvalue weighted by atomic mass is 32.2. The van der Waals surface area contributed by atoms with Crippen molar-refractivity contribution in [1.82, 2.24) is 14.5 Å². The average molecular weight is 476 g/mol. The van der Waals surface area contributed by atoms with Gasteiger partial charge in [-0.2, -0.15) is 4.31 Å². The molecule has 33 heavy (non-hydrogen) atoms. The number of carbonyl (C=O) groups is 1. The lowest BCUT2D eigenvalue weighted by atomic mass is 10.2. The van der Waals surface area contributed by atoms with Crippen molar-refractivity contribution < 1.29 is 22.7 Å². The second-order valence-electron chi connectivity index (χ2n) is 7.92. The quantitative estimate of drug-likeness (QED) is 0.535. The fourth-order valence-corrected chi connectivity index (χ4v) is 5.13. The Labute approximate surface area is 196 Å². The molecule has 1 aliphatic heterocycles. The van der Waals surface area contributed by atoms with Crippen molar-refractivity contribution in [2.75, 3.05) is 52.5 Å². The molecule has 180 valence electrons. The van der Waals surface area contributed by atoms with Crippen molar-refractivity contribution in [3.8, 4) is 5.75 Å². The molecule has 1 fully saturated rings. The Hall–Kier alpha value is -2.46. The van der Waals surface area contributed by atoms with Crippen LogP contribution < -0.4 is 10.1 Å². The van der Waals surface area contributed by atoms with E-state index in [0.29, 0.717) is 38.7 Å². The summed E-state index contributed by atoms with van der Waals surface area (Å²) in [4.78, 5) is 15.0. The average Bonchev–Trinajstić information content (AvgIpc) is 2.81. The van der Waals surface area contributed by atoms with Crippen molar-refractivity contribution in [2.45, 2.75) is 25.3 Å². The third-order valence-corrected chi connectivity index (χ3v) is 7.25. The highest BCUT2D eigenvalue weighted by molar-refractivity contribution is 7.89. The van der Waals surface area contributed by atoms with Crippen LogP contribution in [0.25, 0.3) is 0 Å². The molecule has 9 heteroatoms. The Balaban J connectivity index is 1.72. The minimum atomic E-state index is -3.90. The monoisotopic (exact) mass is 475 g/mol. The van der Waals surface area contributed by atoms with Gasteiger partial charge in [-0.3, -0.25) is 9.69 Å². The molecule has 1 N–H and O–H groups in total. The molecule has 0 saturated carbocycles. The molecule has 2 aromatic carbocycles. The van der Waals surface area contributed by atoms with E-state index in [1.807, 2.05) is 44.2 Å². The number of carbonyl (C=O) groups excluding carboxylic acids is 1. The van der Waals surface area contributed by atoms with E-state index in [4.69, 9.17) is 9.47 Å². The molecule has 0 radical (unpaired) electrons. The Kier molecular flexibility index (Phi) is 9.25. The van der Waals surface area contributed by atoms with Gasteiger partial charge in [-0.25, -0.2) is 8.42 Å². The molecule has 0 aliphatic carbocycles. The van der Waals surface area contributed by atoms with Crippen LogP contribution in [0, 0.1) is 6.92 Å². The number of amides is 1. The lowest BCUT2D eigenvalue weighted by molar-refractivity contribution is -0.121. The van der Waals surface area contributed by atoms with E-state index in [-0.39, 0.29) is 23.9 Å². The van der Waals surface area contributed by atoms with Crippen LogP contribution in [0.4, 0.5) is 0 Å². The largest absolute Gasteiger partial charge is 0.494 e. The van der Waals surface area contributed by atoms with Gasteiger partial charge in [0.05, 0.1) is 31.3 Å². The maximum atomic E-state index is 13.5. The van der Waals surface area contributed by atoms with Crippen LogP contribution in [-0.2, 0) is 26.1 Å². The topological polar surface area (TPSA) is 88.2 Å². The molecule has 3 rings (SSSR count). The standard InChI is InChI=1S/C24H33N3O5S/c1-3-32-23-10-9-22(17-20(23)2)33(29,30)27(18-21-7-5-4-6-8-21)19-24(28)25-11-12-26-13-15-31-16-14-26/h4-10,17H,3,11-16,18-19H2,1-2H3,(H,25,28). The zero-order valence-electron chi connectivity index (χ0n) is 19.3. The minimum absolute atomic E-state index is 0.103. The molecule has 1 heterocycles. The van der Waals surface area contributed by atoms with E-state index in [9.17, 15) is 13.2 Å². The maximum absolute atomic E-state index is 13.5. The first-order valence-electron chi connectivity index (χ1n) is 11.2. The van der Waals surface area contributed by atoms with Crippen LogP contribution in [-0.4, -0.2) is 76.1 Å². The third kappa shape index (κ3) is 7.26. The number of ether oxygens (including phenoxy) is 2. The second kappa shape index (κ2) is 12.1. The first-order valence-corrected chi connectivity index (χ1v) is 12.7. The summed E-state index contributed by atoms with van der Waals surface area (Å²) in [6.07, 6.45) is 0. The first-order chi connectivity index (χ1) is 15.9. The van der Waals surface area contributed by atoms with Gasteiger partial charge in [0.25, 0.3) is 0 Å². The number of nitrogens with zero attached hydrogens (tertiary/aromatic N) is 2. The van der Waals surface area contributed by atoms with Gasteiger partial charge in [0.2, 0.25) is 15.9 Å². The van der Waals surface area contributed by atoms with Gasteiger partial charge in [0, 0.05) is 32.7 Å². The molecule has 2 aromatic rings. The van der Waals surface area contributed by atoms with Crippen molar-refractivity contribution in [3.63, 3.8) is 0 Å². The van der Waals surface area contributed by atoms with Crippen LogP contribution in [0.5, 0.6) is 5.75 Å². The number of aryl methyl sites for hydroxylation is 1. The third-order valence-electron chi connectivity index (χ3n) is 5.46. The zero-order valence-corrected chi connectivity index (χ0v) is 20.1. The summed E-state index contributed by atoms with van der Waals surface area (Å²) < 4.78 is 39.1. The lowest BCUT2D eigenvalue weighted by Gasteiger charge is -2.27. The fraction of sp³-hybridized carbons (Fsp3) is 0.458. The smallest absolute Gasteiger partial charge is 0.243 e. The Morgan fingerprint density at radius 2 is 1.88 bits per heavy atom. The van der Waals surface area contributed by atoms with Crippen LogP contribution in [0.15, 0.2) is 53.4 Å². The number of benzene rings is 2. The van der Waals surface area contributed by atoms with E-state index in [1.165, 1.54) is 10.4 Å². The highest BCUT2D eigenvalue weighted by Gasteiger charge is 2.27. The first kappa shape index (κ1) is 25.2. The van der Waals surface area contributed by atoms with E-state index in [1.54, 1.807) is 12.1 Å². The van der Waals surface area contributed by atoms with Gasteiger partial charge in [0.15, 0.2) is 0 Å². The lowest BCUT2D eigenvalue weighted by Crippen LogP contribution is -2.44. The summed E-state index contributed by atoms with van der Waals surface area (Å²) >= 11 is 0. The van der Waals surface area contributed by atoms with Crippen molar-refractivity contribution in [2.24, 2.45) is 0 Å². The van der Waals surface area contributed by atoms with E-state index >= 15 is 0 Å². The second-order valence-corrected chi connectivity index (χ2v) is 9.86. The van der Waals surface area contributed by atoms with Gasteiger partial charge in [-0.1, -0.05) is 30.3 Å². The van der Waals surface area contributed by atoms with E-state index < -0.39 is 10.0 Å². The van der Waals surface area contributed by atoms with Gasteiger partial charge in [-0.05, 0) is 43.2 Å². The number of hydrogen-bond donors (Lipinski definition) is 1. The fourth-order valence-electron chi connectivity index (χ4n) is 3.66. The van der Waals surface area contributed by atoms with Crippen molar-refractivity contribution in [1.29, 1.82) is 0 Å². The summed E-state index contributed by atoms with van der Waals surface area (Å²) in [5.74, 6) is 0.317. The summed E-state index contributed by atoms with van der Waals surface area (Å²) in [5.41, 5.74) is 1.54. The summed E-state index contributed by atoms with van der Waals surface area (Å²) in [5, 5.41) is 2.86. The maximum Gasteiger partial charge on any atom is 0.243 e. The molecule has 0 spiro atoms. The minimum Gasteiger partial charge on any atom is -0.494 e. The van der Waals surface area contributed by atoms with Crippen molar-refractivity contribution >= 4 is 15.9 Å². The molecule has 1 aliphatic rings. The molecular weight excluding hydrogens is 442 g/mol. The van der Waals surface area contributed by atoms with Gasteiger partial charge >= 0.3 is 0 Å². The van der Waals surface area contributed by atoms with Gasteiger partial charge in [-0.15, -0.1) is 0 Å². The SMILES string of the molecule is CCOc1ccc(S(=O)(=O)N(CC(=O)NCCN2CCOCC2)Cc2ccccc2)cc1C. The summed E-state index contributed by atoms with van der Waals surface area (Å²) in [6.45, 7) is 8.25. The Morgan fingerprint density at radius 1 is 1.15 bits per heavy atom. The van der Waals surface area contributed by atoms with Crippen LogP contribution in [0.1, 0.15) is 18.1 Å². The number of nitrogens with one attached hydrogen (secondary N) is 1. The number of sulfonamides is 1. The highest BCUT2D eigenvalue weighted by Crippen LogP contribution is 2.25. The van der Waals surface area contributed by atoms with Crippen molar-refractivity contribution in [3.05, 3.63) is 59.7 Å². The molecule has 0 bridgehead atoms. The van der Waals surface area contributed by atoms with E-state index in [2.05, 4.69) is 10.2 Å². The van der Waals surface area contributed by atoms with Crippen LogP contribution in [0.2, 0.25) is 0 Å². The molecule has 0 aromatic heterocycles. The summed E-state index contributed by atoms with van der Waals surface area (Å²) in [6, 6.07) is 14.1. The molecule has 0 unspecified atom stereocenters. The molecule has 1 amide bonds. The number of morpholine rings is 1. The zero-order chi connectivity index (χ0) is 23.7. The predicted octanol–water partition coefficient (Wildman–Crippen LogP) is 2.03. The van der Waals surface area contributed by atoms with Gasteiger partial charge < -0.3 is 14.8 Å². The number of hydrogen-bond acceptors (Lipinski definition) is 6. The number of rotatable bonds is 11.